The molecule has 0 saturated carbocycles. The summed E-state index contributed by atoms with van der Waals surface area (Å²) in [7, 11) is -2.15. The van der Waals surface area contributed by atoms with Gasteiger partial charge < -0.3 is 10.6 Å². The number of rotatable bonds is 4. The molecule has 0 spiro atoms. The molecule has 1 aromatic carbocycles. The molecule has 2 rings (SSSR count). The van der Waals surface area contributed by atoms with Crippen molar-refractivity contribution in [1.29, 1.82) is 0 Å². The van der Waals surface area contributed by atoms with Crippen LogP contribution in [-0.4, -0.2) is 43.6 Å². The van der Waals surface area contributed by atoms with E-state index in [0.29, 0.717) is 22.4 Å². The van der Waals surface area contributed by atoms with Crippen LogP contribution < -0.4 is 5.73 Å². The Bertz CT molecular complexity index is 752. The average Bonchev–Trinajstić information content (AvgIpc) is 2.80. The molecule has 1 aromatic heterocycles. The highest BCUT2D eigenvalue weighted by Crippen LogP contribution is 2.27. The lowest BCUT2D eigenvalue weighted by Crippen LogP contribution is -2.32. The first-order chi connectivity index (χ1) is 9.33. The van der Waals surface area contributed by atoms with Gasteiger partial charge in [0.15, 0.2) is 0 Å². The van der Waals surface area contributed by atoms with Gasteiger partial charge in [-0.15, -0.1) is 11.3 Å². The van der Waals surface area contributed by atoms with Gasteiger partial charge >= 0.3 is 0 Å². The number of carbonyl (C=O) groups is 1. The first kappa shape index (κ1) is 14.7. The molecule has 0 saturated heterocycles. The van der Waals surface area contributed by atoms with E-state index in [1.165, 1.54) is 4.90 Å². The zero-order valence-electron chi connectivity index (χ0n) is 11.2. The van der Waals surface area contributed by atoms with Gasteiger partial charge in [0.25, 0.3) is 0 Å². The van der Waals surface area contributed by atoms with Crippen LogP contribution in [0, 0.1) is 0 Å². The molecule has 2 N–H and O–H groups in total. The van der Waals surface area contributed by atoms with Crippen molar-refractivity contribution in [2.75, 3.05) is 25.1 Å². The van der Waals surface area contributed by atoms with Crippen molar-refractivity contribution in [1.82, 2.24) is 9.88 Å². The lowest BCUT2D eigenvalue weighted by molar-refractivity contribution is -0.126. The van der Waals surface area contributed by atoms with E-state index in [4.69, 9.17) is 5.73 Å². The SMILES string of the molecule is CCN(C)C(=O)CS(=O)(=O)c1nc2ccc(N)cc2s1. The van der Waals surface area contributed by atoms with Crippen LogP contribution in [0.3, 0.4) is 0 Å². The third kappa shape index (κ3) is 2.91. The zero-order chi connectivity index (χ0) is 14.9. The van der Waals surface area contributed by atoms with Crippen LogP contribution in [0.15, 0.2) is 22.5 Å². The van der Waals surface area contributed by atoms with Crippen LogP contribution in [0.1, 0.15) is 6.92 Å². The van der Waals surface area contributed by atoms with E-state index in [2.05, 4.69) is 4.98 Å². The van der Waals surface area contributed by atoms with Gasteiger partial charge in [-0.2, -0.15) is 0 Å². The van der Waals surface area contributed by atoms with Crippen molar-refractivity contribution in [3.8, 4) is 0 Å². The number of hydrogen-bond acceptors (Lipinski definition) is 6. The molecule has 0 aliphatic carbocycles. The fraction of sp³-hybridized carbons (Fsp3) is 0.333. The summed E-state index contributed by atoms with van der Waals surface area (Å²) < 4.78 is 25.0. The number of aromatic nitrogens is 1. The molecule has 2 aromatic rings. The number of amides is 1. The maximum atomic E-state index is 12.2. The fourth-order valence-electron chi connectivity index (χ4n) is 1.56. The van der Waals surface area contributed by atoms with Crippen molar-refractivity contribution in [3.63, 3.8) is 0 Å². The third-order valence-electron chi connectivity index (χ3n) is 2.87. The number of benzene rings is 1. The summed E-state index contributed by atoms with van der Waals surface area (Å²) in [5.41, 5.74) is 6.77. The summed E-state index contributed by atoms with van der Waals surface area (Å²) in [6.07, 6.45) is 0. The number of anilines is 1. The molecule has 0 atom stereocenters. The smallest absolute Gasteiger partial charge is 0.237 e. The van der Waals surface area contributed by atoms with Crippen LogP contribution in [0.4, 0.5) is 5.69 Å². The number of carbonyl (C=O) groups excluding carboxylic acids is 1. The molecule has 108 valence electrons. The van der Waals surface area contributed by atoms with Gasteiger partial charge in [-0.3, -0.25) is 4.79 Å². The van der Waals surface area contributed by atoms with E-state index in [1.807, 2.05) is 0 Å². The first-order valence-electron chi connectivity index (χ1n) is 5.96. The van der Waals surface area contributed by atoms with Crippen molar-refractivity contribution in [2.45, 2.75) is 11.3 Å². The van der Waals surface area contributed by atoms with Crippen LogP contribution in [0.25, 0.3) is 10.2 Å². The maximum Gasteiger partial charge on any atom is 0.237 e. The molecular formula is C12H15N3O3S2. The van der Waals surface area contributed by atoms with Crippen LogP contribution in [0.2, 0.25) is 0 Å². The molecule has 1 heterocycles. The number of nitrogens with two attached hydrogens (primary N) is 1. The van der Waals surface area contributed by atoms with Crippen molar-refractivity contribution >= 4 is 43.0 Å². The largest absolute Gasteiger partial charge is 0.399 e. The second-order valence-electron chi connectivity index (χ2n) is 4.37. The monoisotopic (exact) mass is 313 g/mol. The molecule has 0 radical (unpaired) electrons. The van der Waals surface area contributed by atoms with Gasteiger partial charge in [-0.1, -0.05) is 0 Å². The number of hydrogen-bond donors (Lipinski definition) is 1. The number of fused-ring (bicyclic) bond motifs is 1. The summed E-state index contributed by atoms with van der Waals surface area (Å²) in [6, 6.07) is 5.00. The number of nitrogens with zero attached hydrogens (tertiary/aromatic N) is 2. The highest BCUT2D eigenvalue weighted by molar-refractivity contribution is 7.94. The minimum absolute atomic E-state index is 0.0454. The Morgan fingerprint density at radius 2 is 2.15 bits per heavy atom. The van der Waals surface area contributed by atoms with E-state index < -0.39 is 21.5 Å². The summed E-state index contributed by atoms with van der Waals surface area (Å²) >= 11 is 1.03. The highest BCUT2D eigenvalue weighted by Gasteiger charge is 2.24. The van der Waals surface area contributed by atoms with Crippen molar-refractivity contribution in [3.05, 3.63) is 18.2 Å². The second-order valence-corrected chi connectivity index (χ2v) is 7.57. The van der Waals surface area contributed by atoms with Crippen LogP contribution in [0.5, 0.6) is 0 Å². The summed E-state index contributed by atoms with van der Waals surface area (Å²) in [5, 5.41) is 0. The topological polar surface area (TPSA) is 93.4 Å². The normalized spacial score (nSPS) is 11.7. The number of sulfone groups is 1. The molecule has 8 heteroatoms. The van der Waals surface area contributed by atoms with Crippen LogP contribution in [-0.2, 0) is 14.6 Å². The predicted molar refractivity (Wildman–Crippen MR) is 79.4 cm³/mol. The molecule has 1 amide bonds. The molecule has 0 bridgehead atoms. The lowest BCUT2D eigenvalue weighted by Gasteiger charge is -2.13. The lowest BCUT2D eigenvalue weighted by atomic mass is 10.3. The van der Waals surface area contributed by atoms with Gasteiger partial charge in [0, 0.05) is 19.3 Å². The summed E-state index contributed by atoms with van der Waals surface area (Å²) in [6.45, 7) is 2.25. The molecule has 0 aliphatic rings. The van der Waals surface area contributed by atoms with Gasteiger partial charge in [-0.25, -0.2) is 13.4 Å². The molecular weight excluding hydrogens is 298 g/mol. The van der Waals surface area contributed by atoms with E-state index >= 15 is 0 Å². The Labute approximate surface area is 121 Å². The summed E-state index contributed by atoms with van der Waals surface area (Å²) in [5.74, 6) is -1.00. The molecule has 6 nitrogen and oxygen atoms in total. The fourth-order valence-corrected chi connectivity index (χ4v) is 4.17. The highest BCUT2D eigenvalue weighted by atomic mass is 32.2. The Balaban J connectivity index is 2.34. The minimum Gasteiger partial charge on any atom is -0.399 e. The van der Waals surface area contributed by atoms with Crippen LogP contribution >= 0.6 is 11.3 Å². The molecule has 20 heavy (non-hydrogen) atoms. The van der Waals surface area contributed by atoms with Gasteiger partial charge in [0.05, 0.1) is 10.2 Å². The minimum atomic E-state index is -3.71. The zero-order valence-corrected chi connectivity index (χ0v) is 12.8. The quantitative estimate of drug-likeness (QED) is 0.854. The van der Waals surface area contributed by atoms with E-state index in [9.17, 15) is 13.2 Å². The molecule has 0 fully saturated rings. The second kappa shape index (κ2) is 5.37. The predicted octanol–water partition coefficient (Wildman–Crippen LogP) is 1.13. The Morgan fingerprint density at radius 3 is 2.80 bits per heavy atom. The van der Waals surface area contributed by atoms with E-state index in [-0.39, 0.29) is 4.34 Å². The average molecular weight is 313 g/mol. The first-order valence-corrected chi connectivity index (χ1v) is 8.43. The van der Waals surface area contributed by atoms with E-state index in [1.54, 1.807) is 32.2 Å². The molecule has 0 aliphatic heterocycles. The Hall–Kier alpha value is -1.67. The van der Waals surface area contributed by atoms with Gasteiger partial charge in [0.2, 0.25) is 20.1 Å². The standard InChI is InChI=1S/C12H15N3O3S2/c1-3-15(2)11(16)7-20(17,18)12-14-9-5-4-8(13)6-10(9)19-12/h4-6H,3,7,13H2,1-2H3. The maximum absolute atomic E-state index is 12.2. The van der Waals surface area contributed by atoms with Crippen molar-refractivity contribution < 1.29 is 13.2 Å². The number of nitrogen functional groups attached to an aromatic ring is 1. The van der Waals surface area contributed by atoms with Gasteiger partial charge in [-0.05, 0) is 25.1 Å². The number of thiazole rings is 1. The van der Waals surface area contributed by atoms with E-state index in [0.717, 1.165) is 11.3 Å². The van der Waals surface area contributed by atoms with Gasteiger partial charge in [0.1, 0.15) is 5.75 Å². The Kier molecular flexibility index (Phi) is 3.96. The summed E-state index contributed by atoms with van der Waals surface area (Å²) in [4.78, 5) is 17.2. The third-order valence-corrected chi connectivity index (χ3v) is 5.95. The van der Waals surface area contributed by atoms with Crippen molar-refractivity contribution in [2.24, 2.45) is 0 Å². The molecule has 0 unspecified atom stereocenters. The Morgan fingerprint density at radius 1 is 1.45 bits per heavy atom.